The van der Waals surface area contributed by atoms with E-state index in [2.05, 4.69) is 5.32 Å². The van der Waals surface area contributed by atoms with Gasteiger partial charge in [-0.3, -0.25) is 4.79 Å². The van der Waals surface area contributed by atoms with Gasteiger partial charge in [0.25, 0.3) is 0 Å². The van der Waals surface area contributed by atoms with Crippen LogP contribution in [0.2, 0.25) is 0 Å². The van der Waals surface area contributed by atoms with Crippen LogP contribution < -0.4 is 14.8 Å². The molecule has 29 heavy (non-hydrogen) atoms. The van der Waals surface area contributed by atoms with Gasteiger partial charge >= 0.3 is 0 Å². The molecule has 0 aliphatic rings. The summed E-state index contributed by atoms with van der Waals surface area (Å²) >= 11 is 0. The first-order valence-electron chi connectivity index (χ1n) is 9.70. The monoisotopic (exact) mass is 389 g/mol. The van der Waals surface area contributed by atoms with Crippen LogP contribution in [0.4, 0.5) is 0 Å². The minimum Gasteiger partial charge on any atom is -0.493 e. The van der Waals surface area contributed by atoms with Crippen LogP contribution in [0.1, 0.15) is 30.0 Å². The van der Waals surface area contributed by atoms with Crippen molar-refractivity contribution < 1.29 is 14.3 Å². The van der Waals surface area contributed by atoms with Crippen molar-refractivity contribution in [2.75, 3.05) is 14.2 Å². The number of hydrogen-bond donors (Lipinski definition) is 1. The van der Waals surface area contributed by atoms with E-state index in [0.717, 1.165) is 16.7 Å². The Morgan fingerprint density at radius 3 is 1.90 bits per heavy atom. The second-order valence-corrected chi connectivity index (χ2v) is 7.09. The number of methoxy groups -OCH3 is 2. The summed E-state index contributed by atoms with van der Waals surface area (Å²) in [4.78, 5) is 12.9. The van der Waals surface area contributed by atoms with Crippen LogP contribution >= 0.6 is 0 Å². The van der Waals surface area contributed by atoms with E-state index in [0.29, 0.717) is 24.3 Å². The van der Waals surface area contributed by atoms with E-state index in [-0.39, 0.29) is 5.91 Å². The quantitative estimate of drug-likeness (QED) is 0.607. The molecule has 0 saturated carbocycles. The van der Waals surface area contributed by atoms with Gasteiger partial charge in [-0.1, -0.05) is 66.7 Å². The van der Waals surface area contributed by atoms with Crippen LogP contribution in [0, 0.1) is 0 Å². The highest BCUT2D eigenvalue weighted by atomic mass is 16.5. The predicted octanol–water partition coefficient (Wildman–Crippen LogP) is 4.72. The molecule has 0 radical (unpaired) electrons. The Kier molecular flexibility index (Phi) is 6.55. The van der Waals surface area contributed by atoms with E-state index in [9.17, 15) is 4.79 Å². The van der Waals surface area contributed by atoms with Gasteiger partial charge in [-0.05, 0) is 42.2 Å². The highest BCUT2D eigenvalue weighted by Crippen LogP contribution is 2.30. The lowest BCUT2D eigenvalue weighted by Crippen LogP contribution is -2.44. The number of carbonyl (C=O) groups is 1. The van der Waals surface area contributed by atoms with Crippen LogP contribution in [-0.4, -0.2) is 20.1 Å². The van der Waals surface area contributed by atoms with Crippen molar-refractivity contribution in [3.63, 3.8) is 0 Å². The van der Waals surface area contributed by atoms with E-state index in [1.165, 1.54) is 0 Å². The van der Waals surface area contributed by atoms with E-state index < -0.39 is 5.54 Å². The van der Waals surface area contributed by atoms with Gasteiger partial charge < -0.3 is 14.8 Å². The molecule has 3 rings (SSSR count). The molecule has 3 aromatic rings. The van der Waals surface area contributed by atoms with Crippen LogP contribution in [0.5, 0.6) is 11.5 Å². The summed E-state index contributed by atoms with van der Waals surface area (Å²) in [5, 5.41) is 3.25. The molecule has 0 saturated heterocycles. The number of amides is 1. The Bertz CT molecular complexity index is 899. The van der Waals surface area contributed by atoms with Gasteiger partial charge in [-0.25, -0.2) is 0 Å². The lowest BCUT2D eigenvalue weighted by Gasteiger charge is -2.32. The Morgan fingerprint density at radius 2 is 1.38 bits per heavy atom. The summed E-state index contributed by atoms with van der Waals surface area (Å²) in [5.74, 6) is 1.35. The second-order valence-electron chi connectivity index (χ2n) is 7.09. The Morgan fingerprint density at radius 1 is 0.828 bits per heavy atom. The molecule has 0 atom stereocenters. The number of aryl methyl sites for hydroxylation is 1. The smallest absolute Gasteiger partial charge is 0.221 e. The first-order valence-corrected chi connectivity index (χ1v) is 9.70. The van der Waals surface area contributed by atoms with Crippen molar-refractivity contribution in [1.82, 2.24) is 5.32 Å². The first kappa shape index (κ1) is 20.5. The number of ether oxygens (including phenoxy) is 2. The molecule has 0 bridgehead atoms. The number of nitrogens with one attached hydrogen (secondary N) is 1. The molecule has 3 aromatic carbocycles. The standard InChI is InChI=1S/C25H27NO3/c1-25(20-10-6-4-7-11-20,21-12-8-5-9-13-21)26-24(27)17-15-19-14-16-22(28-2)23(18-19)29-3/h4-14,16,18H,15,17H2,1-3H3,(H,26,27). The summed E-state index contributed by atoms with van der Waals surface area (Å²) in [6, 6.07) is 25.8. The third-order valence-electron chi connectivity index (χ3n) is 5.18. The van der Waals surface area contributed by atoms with Gasteiger partial charge in [-0.2, -0.15) is 0 Å². The fraction of sp³-hybridized carbons (Fsp3) is 0.240. The average Bonchev–Trinajstić information content (AvgIpc) is 2.78. The van der Waals surface area contributed by atoms with E-state index in [1.54, 1.807) is 14.2 Å². The maximum absolute atomic E-state index is 12.9. The molecule has 0 fully saturated rings. The summed E-state index contributed by atoms with van der Waals surface area (Å²) in [5.41, 5.74) is 2.52. The third kappa shape index (κ3) is 4.77. The largest absolute Gasteiger partial charge is 0.493 e. The Balaban J connectivity index is 1.76. The minimum atomic E-state index is -0.600. The number of hydrogen-bond acceptors (Lipinski definition) is 3. The molecule has 0 heterocycles. The molecular weight excluding hydrogens is 362 g/mol. The van der Waals surface area contributed by atoms with E-state index in [4.69, 9.17) is 9.47 Å². The van der Waals surface area contributed by atoms with Crippen LogP contribution in [0.3, 0.4) is 0 Å². The summed E-state index contributed by atoms with van der Waals surface area (Å²) in [6.07, 6.45) is 0.997. The molecule has 4 nitrogen and oxygen atoms in total. The number of rotatable bonds is 8. The van der Waals surface area contributed by atoms with Crippen LogP contribution in [-0.2, 0) is 16.8 Å². The fourth-order valence-corrected chi connectivity index (χ4v) is 3.49. The van der Waals surface area contributed by atoms with Gasteiger partial charge in [-0.15, -0.1) is 0 Å². The summed E-state index contributed by atoms with van der Waals surface area (Å²) in [6.45, 7) is 2.05. The topological polar surface area (TPSA) is 47.6 Å². The van der Waals surface area contributed by atoms with Crippen LogP contribution in [0.15, 0.2) is 78.9 Å². The van der Waals surface area contributed by atoms with Gasteiger partial charge in [0.05, 0.1) is 19.8 Å². The zero-order chi connectivity index (χ0) is 20.7. The van der Waals surface area contributed by atoms with E-state index in [1.807, 2.05) is 85.8 Å². The number of benzene rings is 3. The maximum atomic E-state index is 12.9. The molecule has 1 amide bonds. The van der Waals surface area contributed by atoms with Crippen molar-refractivity contribution in [3.8, 4) is 11.5 Å². The summed E-state index contributed by atoms with van der Waals surface area (Å²) < 4.78 is 10.6. The third-order valence-corrected chi connectivity index (χ3v) is 5.18. The minimum absolute atomic E-state index is 0.00464. The lowest BCUT2D eigenvalue weighted by atomic mass is 9.84. The molecule has 0 aromatic heterocycles. The predicted molar refractivity (Wildman–Crippen MR) is 115 cm³/mol. The molecule has 0 aliphatic heterocycles. The molecule has 150 valence electrons. The number of carbonyl (C=O) groups excluding carboxylic acids is 1. The highest BCUT2D eigenvalue weighted by Gasteiger charge is 2.30. The normalized spacial score (nSPS) is 11.0. The zero-order valence-electron chi connectivity index (χ0n) is 17.1. The van der Waals surface area contributed by atoms with Gasteiger partial charge in [0.15, 0.2) is 11.5 Å². The lowest BCUT2D eigenvalue weighted by molar-refractivity contribution is -0.122. The fourth-order valence-electron chi connectivity index (χ4n) is 3.49. The second kappa shape index (κ2) is 9.28. The van der Waals surface area contributed by atoms with Crippen molar-refractivity contribution >= 4 is 5.91 Å². The highest BCUT2D eigenvalue weighted by molar-refractivity contribution is 5.78. The molecule has 4 heteroatoms. The SMILES string of the molecule is COc1ccc(CCC(=O)NC(C)(c2ccccc2)c2ccccc2)cc1OC. The molecule has 1 N–H and O–H groups in total. The van der Waals surface area contributed by atoms with Crippen LogP contribution in [0.25, 0.3) is 0 Å². The van der Waals surface area contributed by atoms with Crippen molar-refractivity contribution in [3.05, 3.63) is 95.6 Å². The first-order chi connectivity index (χ1) is 14.1. The Labute approximate surface area is 172 Å². The summed E-state index contributed by atoms with van der Waals surface area (Å²) in [7, 11) is 3.22. The van der Waals surface area contributed by atoms with Crippen molar-refractivity contribution in [2.45, 2.75) is 25.3 Å². The molecule has 0 unspecified atom stereocenters. The van der Waals surface area contributed by atoms with Gasteiger partial charge in [0, 0.05) is 6.42 Å². The molecular formula is C25H27NO3. The van der Waals surface area contributed by atoms with E-state index >= 15 is 0 Å². The maximum Gasteiger partial charge on any atom is 0.221 e. The van der Waals surface area contributed by atoms with Crippen molar-refractivity contribution in [2.24, 2.45) is 0 Å². The average molecular weight is 389 g/mol. The molecule has 0 spiro atoms. The zero-order valence-corrected chi connectivity index (χ0v) is 17.1. The Hall–Kier alpha value is -3.27. The van der Waals surface area contributed by atoms with Gasteiger partial charge in [0.1, 0.15) is 0 Å². The van der Waals surface area contributed by atoms with Crippen molar-refractivity contribution in [1.29, 1.82) is 0 Å². The van der Waals surface area contributed by atoms with Gasteiger partial charge in [0.2, 0.25) is 5.91 Å². The molecule has 0 aliphatic carbocycles.